The quantitative estimate of drug-likeness (QED) is 0.572. The fourth-order valence-corrected chi connectivity index (χ4v) is 1.25. The zero-order valence-corrected chi connectivity index (χ0v) is 7.68. The third-order valence-corrected chi connectivity index (χ3v) is 1.93. The van der Waals surface area contributed by atoms with Crippen LogP contribution in [0.3, 0.4) is 0 Å². The van der Waals surface area contributed by atoms with Crippen molar-refractivity contribution >= 4 is 11.5 Å². The van der Waals surface area contributed by atoms with E-state index in [4.69, 9.17) is 5.73 Å². The number of aromatic nitrogens is 2. The molecule has 0 saturated carbocycles. The van der Waals surface area contributed by atoms with Gasteiger partial charge in [-0.15, -0.1) is 0 Å². The van der Waals surface area contributed by atoms with Crippen LogP contribution in [0.4, 0.5) is 11.5 Å². The molecule has 2 rings (SSSR count). The van der Waals surface area contributed by atoms with Gasteiger partial charge in [-0.3, -0.25) is 10.1 Å². The average Bonchev–Trinajstić information content (AvgIpc) is 2.65. The Balaban J connectivity index is 2.45. The Morgan fingerprint density at radius 1 is 1.47 bits per heavy atom. The predicted molar refractivity (Wildman–Crippen MR) is 55.1 cm³/mol. The summed E-state index contributed by atoms with van der Waals surface area (Å²) in [5.41, 5.74) is 6.13. The van der Waals surface area contributed by atoms with Crippen LogP contribution in [-0.4, -0.2) is 14.9 Å². The largest absolute Gasteiger partial charge is 0.384 e. The van der Waals surface area contributed by atoms with Gasteiger partial charge in [-0.25, -0.2) is 4.98 Å². The van der Waals surface area contributed by atoms with E-state index in [0.717, 1.165) is 0 Å². The summed E-state index contributed by atoms with van der Waals surface area (Å²) in [6, 6.07) is 6.20. The number of hydrogen-bond acceptors (Lipinski definition) is 4. The van der Waals surface area contributed by atoms with Gasteiger partial charge in [0.15, 0.2) is 0 Å². The molecule has 0 aliphatic rings. The smallest absolute Gasteiger partial charge is 0.270 e. The van der Waals surface area contributed by atoms with E-state index < -0.39 is 4.92 Å². The SMILES string of the molecule is Nc1cnc(-c2cccc([N+](=O)[O-])c2)[nH]1. The number of nitrogens with two attached hydrogens (primary N) is 1. The number of hydrogen-bond donors (Lipinski definition) is 2. The van der Waals surface area contributed by atoms with Crippen molar-refractivity contribution in [3.63, 3.8) is 0 Å². The number of imidazole rings is 1. The minimum absolute atomic E-state index is 0.0301. The molecule has 3 N–H and O–H groups in total. The number of nitrogens with zero attached hydrogens (tertiary/aromatic N) is 2. The van der Waals surface area contributed by atoms with Crippen molar-refractivity contribution in [1.29, 1.82) is 0 Å². The fraction of sp³-hybridized carbons (Fsp3) is 0. The highest BCUT2D eigenvalue weighted by molar-refractivity contribution is 5.60. The van der Waals surface area contributed by atoms with Crippen LogP contribution >= 0.6 is 0 Å². The molecule has 0 spiro atoms. The first-order chi connectivity index (χ1) is 7.16. The summed E-state index contributed by atoms with van der Waals surface area (Å²) in [5.74, 6) is 0.952. The summed E-state index contributed by atoms with van der Waals surface area (Å²) in [4.78, 5) is 16.9. The summed E-state index contributed by atoms with van der Waals surface area (Å²) in [7, 11) is 0. The number of nitrogens with one attached hydrogen (secondary N) is 1. The maximum absolute atomic E-state index is 10.5. The molecule has 0 radical (unpaired) electrons. The van der Waals surface area contributed by atoms with Crippen molar-refractivity contribution in [1.82, 2.24) is 9.97 Å². The van der Waals surface area contributed by atoms with Crippen molar-refractivity contribution in [2.75, 3.05) is 5.73 Å². The second-order valence-electron chi connectivity index (χ2n) is 2.99. The van der Waals surface area contributed by atoms with Gasteiger partial charge in [0.1, 0.15) is 11.6 Å². The predicted octanol–water partition coefficient (Wildman–Crippen LogP) is 1.57. The van der Waals surface area contributed by atoms with E-state index in [2.05, 4.69) is 9.97 Å². The number of H-pyrrole nitrogens is 1. The van der Waals surface area contributed by atoms with Crippen molar-refractivity contribution in [3.8, 4) is 11.4 Å². The normalized spacial score (nSPS) is 10.1. The molecule has 0 atom stereocenters. The highest BCUT2D eigenvalue weighted by Crippen LogP contribution is 2.21. The van der Waals surface area contributed by atoms with E-state index in [0.29, 0.717) is 17.2 Å². The summed E-state index contributed by atoms with van der Waals surface area (Å²) < 4.78 is 0. The Morgan fingerprint density at radius 3 is 2.87 bits per heavy atom. The monoisotopic (exact) mass is 204 g/mol. The van der Waals surface area contributed by atoms with Crippen LogP contribution in [0.1, 0.15) is 0 Å². The molecule has 0 aliphatic heterocycles. The summed E-state index contributed by atoms with van der Waals surface area (Å²) >= 11 is 0. The second kappa shape index (κ2) is 3.41. The Labute approximate surface area is 84.9 Å². The van der Waals surface area contributed by atoms with Crippen LogP contribution in [-0.2, 0) is 0 Å². The van der Waals surface area contributed by atoms with E-state index in [1.165, 1.54) is 18.3 Å². The topological polar surface area (TPSA) is 97.8 Å². The van der Waals surface area contributed by atoms with Crippen LogP contribution in [0.25, 0.3) is 11.4 Å². The number of benzene rings is 1. The highest BCUT2D eigenvalue weighted by atomic mass is 16.6. The van der Waals surface area contributed by atoms with E-state index in [1.54, 1.807) is 12.1 Å². The third-order valence-electron chi connectivity index (χ3n) is 1.93. The van der Waals surface area contributed by atoms with Crippen molar-refractivity contribution in [2.45, 2.75) is 0 Å². The van der Waals surface area contributed by atoms with Crippen molar-refractivity contribution in [2.24, 2.45) is 0 Å². The lowest BCUT2D eigenvalue weighted by molar-refractivity contribution is -0.384. The molecule has 0 bridgehead atoms. The molecule has 2 aromatic rings. The van der Waals surface area contributed by atoms with Gasteiger partial charge in [0.2, 0.25) is 0 Å². The molecule has 6 heteroatoms. The molecule has 15 heavy (non-hydrogen) atoms. The first-order valence-electron chi connectivity index (χ1n) is 4.22. The van der Waals surface area contributed by atoms with E-state index in [9.17, 15) is 10.1 Å². The molecule has 0 unspecified atom stereocenters. The molecule has 0 aliphatic carbocycles. The minimum Gasteiger partial charge on any atom is -0.384 e. The van der Waals surface area contributed by atoms with E-state index in [-0.39, 0.29) is 5.69 Å². The Morgan fingerprint density at radius 2 is 2.27 bits per heavy atom. The number of anilines is 1. The standard InChI is InChI=1S/C9H8N4O2/c10-8-5-11-9(12-8)6-2-1-3-7(4-6)13(14)15/h1-5H,10H2,(H,11,12). The lowest BCUT2D eigenvalue weighted by atomic mass is 10.2. The first kappa shape index (κ1) is 9.20. The summed E-state index contributed by atoms with van der Waals surface area (Å²) in [6.07, 6.45) is 1.47. The molecular weight excluding hydrogens is 196 g/mol. The van der Waals surface area contributed by atoms with Crippen LogP contribution in [0.15, 0.2) is 30.5 Å². The summed E-state index contributed by atoms with van der Waals surface area (Å²) in [5, 5.41) is 10.5. The zero-order chi connectivity index (χ0) is 10.8. The first-order valence-corrected chi connectivity index (χ1v) is 4.22. The van der Waals surface area contributed by atoms with Crippen molar-refractivity contribution in [3.05, 3.63) is 40.6 Å². The molecule has 0 fully saturated rings. The van der Waals surface area contributed by atoms with Gasteiger partial charge < -0.3 is 10.7 Å². The number of nitro groups is 1. The molecule has 6 nitrogen and oxygen atoms in total. The van der Waals surface area contributed by atoms with Gasteiger partial charge in [0.25, 0.3) is 5.69 Å². The maximum Gasteiger partial charge on any atom is 0.270 e. The van der Waals surface area contributed by atoms with Gasteiger partial charge in [-0.1, -0.05) is 12.1 Å². The molecule has 0 amide bonds. The molecule has 1 aromatic heterocycles. The average molecular weight is 204 g/mol. The zero-order valence-electron chi connectivity index (χ0n) is 7.68. The lowest BCUT2D eigenvalue weighted by Gasteiger charge is -1.96. The maximum atomic E-state index is 10.5. The Bertz CT molecular complexity index is 506. The number of nitro benzene ring substituents is 1. The Hall–Kier alpha value is -2.37. The fourth-order valence-electron chi connectivity index (χ4n) is 1.25. The van der Waals surface area contributed by atoms with Gasteiger partial charge in [0.05, 0.1) is 11.1 Å². The van der Waals surface area contributed by atoms with E-state index in [1.807, 2.05) is 0 Å². The van der Waals surface area contributed by atoms with Crippen LogP contribution in [0.2, 0.25) is 0 Å². The van der Waals surface area contributed by atoms with Gasteiger partial charge >= 0.3 is 0 Å². The number of aromatic amines is 1. The highest BCUT2D eigenvalue weighted by Gasteiger charge is 2.08. The molecule has 1 heterocycles. The van der Waals surface area contributed by atoms with Crippen molar-refractivity contribution < 1.29 is 4.92 Å². The van der Waals surface area contributed by atoms with Crippen LogP contribution in [0.5, 0.6) is 0 Å². The minimum atomic E-state index is -0.449. The second-order valence-corrected chi connectivity index (χ2v) is 2.99. The van der Waals surface area contributed by atoms with Crippen LogP contribution < -0.4 is 5.73 Å². The van der Waals surface area contributed by atoms with Gasteiger partial charge in [-0.2, -0.15) is 0 Å². The van der Waals surface area contributed by atoms with E-state index >= 15 is 0 Å². The van der Waals surface area contributed by atoms with Crippen LogP contribution in [0, 0.1) is 10.1 Å². The number of rotatable bonds is 2. The number of nitrogen functional groups attached to an aromatic ring is 1. The molecule has 1 aromatic carbocycles. The molecule has 0 saturated heterocycles. The van der Waals surface area contributed by atoms with Gasteiger partial charge in [0, 0.05) is 17.7 Å². The Kier molecular flexibility index (Phi) is 2.09. The molecular formula is C9H8N4O2. The summed E-state index contributed by atoms with van der Waals surface area (Å²) in [6.45, 7) is 0. The molecule has 76 valence electrons. The lowest BCUT2D eigenvalue weighted by Crippen LogP contribution is -1.89. The number of non-ortho nitro benzene ring substituents is 1. The third kappa shape index (κ3) is 1.78. The van der Waals surface area contributed by atoms with Gasteiger partial charge in [-0.05, 0) is 0 Å².